The maximum absolute atomic E-state index is 11.2. The Morgan fingerprint density at radius 2 is 1.44 bits per heavy atom. The summed E-state index contributed by atoms with van der Waals surface area (Å²) >= 11 is 0. The van der Waals surface area contributed by atoms with Gasteiger partial charge in [-0.1, -0.05) is 42.5 Å². The van der Waals surface area contributed by atoms with E-state index in [4.69, 9.17) is 0 Å². The molecule has 0 spiro atoms. The van der Waals surface area contributed by atoms with Crippen molar-refractivity contribution in [2.45, 2.75) is 4.90 Å². The Kier molecular flexibility index (Phi) is 4.10. The van der Waals surface area contributed by atoms with Gasteiger partial charge in [-0.25, -0.2) is 8.42 Å². The molecule has 27 heavy (non-hydrogen) atoms. The van der Waals surface area contributed by atoms with E-state index in [0.29, 0.717) is 16.8 Å². The number of rotatable bonds is 3. The molecule has 4 aromatic rings. The van der Waals surface area contributed by atoms with Crippen LogP contribution in [0.15, 0.2) is 87.9 Å². The van der Waals surface area contributed by atoms with Crippen LogP contribution in [0, 0.1) is 0 Å². The highest BCUT2D eigenvalue weighted by atomic mass is 32.2. The van der Waals surface area contributed by atoms with E-state index >= 15 is 0 Å². The Labute approximate surface area is 155 Å². The molecule has 6 nitrogen and oxygen atoms in total. The molecular weight excluding hydrogens is 364 g/mol. The van der Waals surface area contributed by atoms with E-state index in [9.17, 15) is 18.1 Å². The lowest BCUT2D eigenvalue weighted by Gasteiger charge is -2.10. The average molecular weight is 377 g/mol. The second-order valence-corrected chi connectivity index (χ2v) is 7.34. The van der Waals surface area contributed by atoms with E-state index < -0.39 is 15.0 Å². The van der Waals surface area contributed by atoms with Gasteiger partial charge in [0, 0.05) is 16.2 Å². The first-order valence-corrected chi connectivity index (χ1v) is 9.45. The van der Waals surface area contributed by atoms with Gasteiger partial charge in [0.25, 0.3) is 0 Å². The molecule has 0 unspecified atom stereocenters. The summed E-state index contributed by atoms with van der Waals surface area (Å²) in [6.45, 7) is 0. The zero-order chi connectivity index (χ0) is 19.0. The fourth-order valence-electron chi connectivity index (χ4n) is 2.94. The lowest BCUT2D eigenvalue weighted by Crippen LogP contribution is -1.97. The highest BCUT2D eigenvalue weighted by molar-refractivity contribution is 7.85. The first kappa shape index (κ1) is 17.1. The van der Waals surface area contributed by atoms with Gasteiger partial charge in [-0.05, 0) is 35.7 Å². The van der Waals surface area contributed by atoms with Crippen molar-refractivity contribution in [2.24, 2.45) is 10.2 Å². The summed E-state index contributed by atoms with van der Waals surface area (Å²) in [5, 5.41) is 21.3. The SMILES string of the molecule is O=S(=O)([O-])c1ccc2c(N=Nc3cccc4ccccc34)ccc(O)c2c1. The summed E-state index contributed by atoms with van der Waals surface area (Å²) in [6.07, 6.45) is 0. The zero-order valence-corrected chi connectivity index (χ0v) is 14.7. The quantitative estimate of drug-likeness (QED) is 0.400. The largest absolute Gasteiger partial charge is 0.744 e. The molecular formula is C20H13N2O4S-. The molecule has 134 valence electrons. The summed E-state index contributed by atoms with van der Waals surface area (Å²) in [5.41, 5.74) is 1.14. The van der Waals surface area contributed by atoms with E-state index in [1.807, 2.05) is 42.5 Å². The molecule has 0 aliphatic rings. The van der Waals surface area contributed by atoms with Crippen molar-refractivity contribution in [3.05, 3.63) is 72.8 Å². The highest BCUT2D eigenvalue weighted by Gasteiger charge is 2.09. The van der Waals surface area contributed by atoms with Gasteiger partial charge in [0.05, 0.1) is 16.3 Å². The first-order valence-electron chi connectivity index (χ1n) is 8.05. The van der Waals surface area contributed by atoms with Gasteiger partial charge in [0.1, 0.15) is 15.9 Å². The van der Waals surface area contributed by atoms with Gasteiger partial charge in [-0.2, -0.15) is 0 Å². The van der Waals surface area contributed by atoms with Crippen LogP contribution in [0.3, 0.4) is 0 Å². The smallest absolute Gasteiger partial charge is 0.124 e. The monoisotopic (exact) mass is 377 g/mol. The van der Waals surface area contributed by atoms with E-state index in [0.717, 1.165) is 16.8 Å². The number of aromatic hydroxyl groups is 1. The number of nitrogens with zero attached hydrogens (tertiary/aromatic N) is 2. The minimum absolute atomic E-state index is 0.139. The number of hydrogen-bond acceptors (Lipinski definition) is 6. The number of fused-ring (bicyclic) bond motifs is 2. The lowest BCUT2D eigenvalue weighted by molar-refractivity contribution is 0.463. The predicted molar refractivity (Wildman–Crippen MR) is 102 cm³/mol. The molecule has 0 radical (unpaired) electrons. The van der Waals surface area contributed by atoms with E-state index in [2.05, 4.69) is 10.2 Å². The molecule has 1 N–H and O–H groups in total. The minimum atomic E-state index is -4.62. The summed E-state index contributed by atoms with van der Waals surface area (Å²) < 4.78 is 33.7. The van der Waals surface area contributed by atoms with Gasteiger partial charge >= 0.3 is 0 Å². The van der Waals surface area contributed by atoms with Gasteiger partial charge in [0.15, 0.2) is 0 Å². The highest BCUT2D eigenvalue weighted by Crippen LogP contribution is 2.35. The fraction of sp³-hybridized carbons (Fsp3) is 0. The molecule has 0 aliphatic carbocycles. The Morgan fingerprint density at radius 1 is 0.741 bits per heavy atom. The number of phenols is 1. The fourth-order valence-corrected chi connectivity index (χ4v) is 3.44. The van der Waals surface area contributed by atoms with E-state index in [-0.39, 0.29) is 11.1 Å². The molecule has 0 aromatic heterocycles. The van der Waals surface area contributed by atoms with Gasteiger partial charge in [-0.15, -0.1) is 10.2 Å². The molecule has 0 bridgehead atoms. The Hall–Kier alpha value is -3.29. The maximum atomic E-state index is 11.2. The molecule has 0 amide bonds. The number of benzene rings is 4. The van der Waals surface area contributed by atoms with Crippen LogP contribution < -0.4 is 0 Å². The van der Waals surface area contributed by atoms with Crippen molar-refractivity contribution in [3.8, 4) is 5.75 Å². The minimum Gasteiger partial charge on any atom is -0.744 e. The summed E-state index contributed by atoms with van der Waals surface area (Å²) in [6, 6.07) is 20.3. The van der Waals surface area contributed by atoms with Gasteiger partial charge < -0.3 is 9.66 Å². The Bertz CT molecular complexity index is 1310. The van der Waals surface area contributed by atoms with E-state index in [1.54, 1.807) is 6.07 Å². The summed E-state index contributed by atoms with van der Waals surface area (Å²) in [7, 11) is -4.62. The Balaban J connectivity index is 1.84. The number of azo groups is 1. The molecule has 0 atom stereocenters. The molecule has 0 saturated heterocycles. The van der Waals surface area contributed by atoms with Crippen LogP contribution in [-0.2, 0) is 10.1 Å². The third-order valence-electron chi connectivity index (χ3n) is 4.26. The van der Waals surface area contributed by atoms with Crippen LogP contribution in [-0.4, -0.2) is 18.1 Å². The third-order valence-corrected chi connectivity index (χ3v) is 5.09. The lowest BCUT2D eigenvalue weighted by atomic mass is 10.1. The molecule has 4 aromatic carbocycles. The van der Waals surface area contributed by atoms with E-state index in [1.165, 1.54) is 18.2 Å². The number of hydrogen-bond donors (Lipinski definition) is 1. The zero-order valence-electron chi connectivity index (χ0n) is 13.9. The molecule has 0 fully saturated rings. The maximum Gasteiger partial charge on any atom is 0.124 e. The van der Waals surface area contributed by atoms with Crippen molar-refractivity contribution in [1.29, 1.82) is 0 Å². The van der Waals surface area contributed by atoms with Crippen LogP contribution >= 0.6 is 0 Å². The predicted octanol–water partition coefficient (Wildman–Crippen LogP) is 5.02. The van der Waals surface area contributed by atoms with Crippen LogP contribution in [0.25, 0.3) is 21.5 Å². The standard InChI is InChI=1S/C20H14N2O4S/c23-20-11-10-19(16-9-8-14(12-17(16)20)27(24,25)26)22-21-18-7-3-5-13-4-1-2-6-15(13)18/h1-12,23H,(H,24,25,26)/p-1. The first-order chi connectivity index (χ1) is 12.9. The third kappa shape index (κ3) is 3.25. The number of phenolic OH excluding ortho intramolecular Hbond substituents is 1. The van der Waals surface area contributed by atoms with Gasteiger partial charge in [-0.3, -0.25) is 0 Å². The van der Waals surface area contributed by atoms with Crippen molar-refractivity contribution < 1.29 is 18.1 Å². The normalized spacial score (nSPS) is 12.2. The summed E-state index contributed by atoms with van der Waals surface area (Å²) in [5.74, 6) is -0.139. The van der Waals surface area contributed by atoms with Crippen LogP contribution in [0.1, 0.15) is 0 Å². The second kappa shape index (κ2) is 6.46. The molecule has 0 aliphatic heterocycles. The van der Waals surface area contributed by atoms with Crippen LogP contribution in [0.2, 0.25) is 0 Å². The van der Waals surface area contributed by atoms with Crippen molar-refractivity contribution >= 4 is 43.0 Å². The molecule has 7 heteroatoms. The van der Waals surface area contributed by atoms with Crippen LogP contribution in [0.4, 0.5) is 11.4 Å². The van der Waals surface area contributed by atoms with Crippen LogP contribution in [0.5, 0.6) is 5.75 Å². The van der Waals surface area contributed by atoms with Crippen molar-refractivity contribution in [1.82, 2.24) is 0 Å². The van der Waals surface area contributed by atoms with Gasteiger partial charge in [0.2, 0.25) is 0 Å². The average Bonchev–Trinajstić information content (AvgIpc) is 2.66. The molecule has 0 heterocycles. The molecule has 0 saturated carbocycles. The molecule has 4 rings (SSSR count). The Morgan fingerprint density at radius 3 is 2.22 bits per heavy atom. The topological polar surface area (TPSA) is 102 Å². The second-order valence-electron chi connectivity index (χ2n) is 5.96. The van der Waals surface area contributed by atoms with Crippen molar-refractivity contribution in [2.75, 3.05) is 0 Å². The summed E-state index contributed by atoms with van der Waals surface area (Å²) in [4.78, 5) is -0.409. The van der Waals surface area contributed by atoms with Crippen molar-refractivity contribution in [3.63, 3.8) is 0 Å².